The van der Waals surface area contributed by atoms with Gasteiger partial charge in [-0.3, -0.25) is 29.2 Å². The fraction of sp³-hybridized carbons (Fsp3) is 0.647. The standard InChI is InChI=1S/C17H26N2O4/c1-11(20)7-8-18-9-17(5,6)10-19-16(14(4)23)15(12(2)21)13(3)22/h8,15H,7,9-10H2,1-6H3. The molecule has 0 saturated heterocycles. The zero-order valence-electron chi connectivity index (χ0n) is 14.8. The van der Waals surface area contributed by atoms with Gasteiger partial charge in [-0.05, 0) is 20.8 Å². The number of ketones is 4. The van der Waals surface area contributed by atoms with Crippen LogP contribution >= 0.6 is 0 Å². The molecule has 0 aliphatic rings. The first kappa shape index (κ1) is 21.0. The molecule has 0 unspecified atom stereocenters. The first-order chi connectivity index (χ1) is 10.5. The molecule has 0 aromatic carbocycles. The molecule has 0 aromatic heterocycles. The zero-order valence-corrected chi connectivity index (χ0v) is 14.8. The summed E-state index contributed by atoms with van der Waals surface area (Å²) < 4.78 is 0. The Bertz CT molecular complexity index is 531. The van der Waals surface area contributed by atoms with Gasteiger partial charge in [0.15, 0.2) is 5.78 Å². The molecule has 0 heterocycles. The van der Waals surface area contributed by atoms with Crippen molar-refractivity contribution in [2.24, 2.45) is 21.3 Å². The van der Waals surface area contributed by atoms with E-state index in [1.165, 1.54) is 27.7 Å². The van der Waals surface area contributed by atoms with E-state index >= 15 is 0 Å². The van der Waals surface area contributed by atoms with E-state index in [4.69, 9.17) is 0 Å². The Morgan fingerprint density at radius 2 is 1.48 bits per heavy atom. The number of rotatable bonds is 10. The smallest absolute Gasteiger partial charge is 0.174 e. The van der Waals surface area contributed by atoms with Crippen LogP contribution in [0.25, 0.3) is 0 Å². The van der Waals surface area contributed by atoms with Gasteiger partial charge in [0.05, 0.1) is 5.71 Å². The molecule has 0 N–H and O–H groups in total. The van der Waals surface area contributed by atoms with Gasteiger partial charge in [-0.15, -0.1) is 0 Å². The monoisotopic (exact) mass is 322 g/mol. The third kappa shape index (κ3) is 8.28. The molecule has 23 heavy (non-hydrogen) atoms. The van der Waals surface area contributed by atoms with Crippen LogP contribution in [0.5, 0.6) is 0 Å². The minimum Gasteiger partial charge on any atom is -0.300 e. The summed E-state index contributed by atoms with van der Waals surface area (Å²) in [6, 6.07) is 0. The minimum absolute atomic E-state index is 0.00536. The molecule has 0 aromatic rings. The highest BCUT2D eigenvalue weighted by Crippen LogP contribution is 2.17. The summed E-state index contributed by atoms with van der Waals surface area (Å²) in [5.74, 6) is -2.21. The molecule has 0 aliphatic carbocycles. The molecule has 0 amide bonds. The highest BCUT2D eigenvalue weighted by molar-refractivity contribution is 6.47. The number of carbonyl (C=O) groups is 4. The lowest BCUT2D eigenvalue weighted by Crippen LogP contribution is -2.34. The first-order valence-corrected chi connectivity index (χ1v) is 7.52. The van der Waals surface area contributed by atoms with Crippen LogP contribution in [-0.2, 0) is 19.2 Å². The molecular weight excluding hydrogens is 296 g/mol. The lowest BCUT2D eigenvalue weighted by molar-refractivity contribution is -0.128. The van der Waals surface area contributed by atoms with E-state index < -0.39 is 5.92 Å². The molecule has 0 bridgehead atoms. The van der Waals surface area contributed by atoms with Crippen LogP contribution in [0.2, 0.25) is 0 Å². The molecule has 6 heteroatoms. The Kier molecular flexibility index (Phi) is 8.43. The van der Waals surface area contributed by atoms with Gasteiger partial charge in [0.2, 0.25) is 0 Å². The van der Waals surface area contributed by atoms with E-state index in [1.807, 2.05) is 13.8 Å². The van der Waals surface area contributed by atoms with Crippen LogP contribution in [0.3, 0.4) is 0 Å². The molecule has 128 valence electrons. The Balaban J connectivity index is 5.12. The van der Waals surface area contributed by atoms with Gasteiger partial charge < -0.3 is 0 Å². The predicted molar refractivity (Wildman–Crippen MR) is 90.3 cm³/mol. The third-order valence-corrected chi connectivity index (χ3v) is 3.15. The number of hydrogen-bond acceptors (Lipinski definition) is 6. The normalized spacial score (nSPS) is 12.7. The van der Waals surface area contributed by atoms with Crippen molar-refractivity contribution in [3.05, 3.63) is 0 Å². The van der Waals surface area contributed by atoms with Gasteiger partial charge in [0.25, 0.3) is 0 Å². The maximum absolute atomic E-state index is 11.7. The molecule has 0 saturated carbocycles. The topological polar surface area (TPSA) is 93.0 Å². The third-order valence-electron chi connectivity index (χ3n) is 3.15. The van der Waals surface area contributed by atoms with Crippen molar-refractivity contribution >= 4 is 35.1 Å². The molecule has 0 fully saturated rings. The maximum Gasteiger partial charge on any atom is 0.174 e. The van der Waals surface area contributed by atoms with E-state index in [1.54, 1.807) is 6.21 Å². The molecule has 0 aliphatic heterocycles. The molecule has 0 spiro atoms. The second kappa shape index (κ2) is 9.22. The highest BCUT2D eigenvalue weighted by Gasteiger charge is 2.29. The molecular formula is C17H26N2O4. The summed E-state index contributed by atoms with van der Waals surface area (Å²) in [6.45, 7) is 9.87. The van der Waals surface area contributed by atoms with Gasteiger partial charge in [-0.2, -0.15) is 0 Å². The van der Waals surface area contributed by atoms with Crippen LogP contribution < -0.4 is 0 Å². The van der Waals surface area contributed by atoms with E-state index in [0.29, 0.717) is 6.54 Å². The average molecular weight is 322 g/mol. The maximum atomic E-state index is 11.7. The Hall–Kier alpha value is -1.98. The summed E-state index contributed by atoms with van der Waals surface area (Å²) in [7, 11) is 0. The molecule has 6 nitrogen and oxygen atoms in total. The second-order valence-electron chi connectivity index (χ2n) is 6.51. The van der Waals surface area contributed by atoms with Crippen molar-refractivity contribution in [3.8, 4) is 0 Å². The minimum atomic E-state index is -1.09. The van der Waals surface area contributed by atoms with Crippen LogP contribution in [0.15, 0.2) is 9.98 Å². The largest absolute Gasteiger partial charge is 0.300 e. The van der Waals surface area contributed by atoms with Gasteiger partial charge in [0.1, 0.15) is 23.3 Å². The van der Waals surface area contributed by atoms with Crippen molar-refractivity contribution in [3.63, 3.8) is 0 Å². The summed E-state index contributed by atoms with van der Waals surface area (Å²) in [5.41, 5.74) is -0.350. The summed E-state index contributed by atoms with van der Waals surface area (Å²) >= 11 is 0. The molecule has 0 atom stereocenters. The average Bonchev–Trinajstić information content (AvgIpc) is 2.37. The van der Waals surface area contributed by atoms with Gasteiger partial charge in [-0.25, -0.2) is 0 Å². The van der Waals surface area contributed by atoms with E-state index in [0.717, 1.165) is 0 Å². The van der Waals surface area contributed by atoms with E-state index in [-0.39, 0.29) is 47.2 Å². The fourth-order valence-corrected chi connectivity index (χ4v) is 1.93. The molecule has 0 rings (SSSR count). The van der Waals surface area contributed by atoms with Crippen LogP contribution in [0.4, 0.5) is 0 Å². The summed E-state index contributed by atoms with van der Waals surface area (Å²) in [5, 5.41) is 0. The van der Waals surface area contributed by atoms with E-state index in [9.17, 15) is 19.2 Å². The Morgan fingerprint density at radius 1 is 0.957 bits per heavy atom. The Morgan fingerprint density at radius 3 is 1.87 bits per heavy atom. The van der Waals surface area contributed by atoms with Gasteiger partial charge >= 0.3 is 0 Å². The highest BCUT2D eigenvalue weighted by atomic mass is 16.2. The second-order valence-corrected chi connectivity index (χ2v) is 6.51. The number of hydrogen-bond donors (Lipinski definition) is 0. The lowest BCUT2D eigenvalue weighted by atomic mass is 9.90. The number of Topliss-reactive ketones (excluding diaryl/α,β-unsaturated/α-hetero) is 4. The first-order valence-electron chi connectivity index (χ1n) is 7.52. The van der Waals surface area contributed by atoms with Crippen molar-refractivity contribution in [1.29, 1.82) is 0 Å². The van der Waals surface area contributed by atoms with E-state index in [2.05, 4.69) is 9.98 Å². The van der Waals surface area contributed by atoms with Crippen molar-refractivity contribution in [1.82, 2.24) is 0 Å². The van der Waals surface area contributed by atoms with Crippen molar-refractivity contribution in [2.75, 3.05) is 13.1 Å². The predicted octanol–water partition coefficient (Wildman–Crippen LogP) is 1.89. The number of aliphatic imine (C=N–C) groups is 2. The van der Waals surface area contributed by atoms with Gasteiger partial charge in [-0.1, -0.05) is 13.8 Å². The van der Waals surface area contributed by atoms with Crippen LogP contribution in [0, 0.1) is 11.3 Å². The Labute approximate surface area is 137 Å². The summed E-state index contributed by atoms with van der Waals surface area (Å²) in [6.07, 6.45) is 1.85. The number of nitrogens with zero attached hydrogens (tertiary/aromatic N) is 2. The number of carbonyl (C=O) groups excluding carboxylic acids is 4. The fourth-order valence-electron chi connectivity index (χ4n) is 1.93. The van der Waals surface area contributed by atoms with Crippen molar-refractivity contribution in [2.45, 2.75) is 48.0 Å². The summed E-state index contributed by atoms with van der Waals surface area (Å²) in [4.78, 5) is 54.3. The zero-order chi connectivity index (χ0) is 18.2. The SMILES string of the molecule is CC(=O)CC=NCC(C)(C)CN=C(C(C)=O)C(C(C)=O)C(C)=O. The van der Waals surface area contributed by atoms with Crippen molar-refractivity contribution < 1.29 is 19.2 Å². The van der Waals surface area contributed by atoms with Gasteiger partial charge in [0, 0.05) is 38.1 Å². The molecule has 0 radical (unpaired) electrons. The lowest BCUT2D eigenvalue weighted by Gasteiger charge is -2.21. The quantitative estimate of drug-likeness (QED) is 0.453. The van der Waals surface area contributed by atoms with Crippen LogP contribution in [-0.4, -0.2) is 48.1 Å². The van der Waals surface area contributed by atoms with Crippen LogP contribution in [0.1, 0.15) is 48.0 Å².